The van der Waals surface area contributed by atoms with Crippen molar-refractivity contribution >= 4 is 40.1 Å². The summed E-state index contributed by atoms with van der Waals surface area (Å²) in [6.45, 7) is 0. The summed E-state index contributed by atoms with van der Waals surface area (Å²) in [6, 6.07) is 4.97. The Morgan fingerprint density at radius 1 is 1.31 bits per heavy atom. The molecule has 0 aliphatic rings. The Kier molecular flexibility index (Phi) is 2.94. The number of carbonyl (C=O) groups excluding carboxylic acids is 1. The van der Waals surface area contributed by atoms with Crippen molar-refractivity contribution in [1.29, 1.82) is 0 Å². The molecule has 0 atom stereocenters. The monoisotopic (exact) mass is 256 g/mol. The highest BCUT2D eigenvalue weighted by molar-refractivity contribution is 6.36. The summed E-state index contributed by atoms with van der Waals surface area (Å²) in [4.78, 5) is 19.3. The number of carbonyl (C=O) groups is 1. The second-order valence-electron chi connectivity index (χ2n) is 2.97. The van der Waals surface area contributed by atoms with Gasteiger partial charge in [0.15, 0.2) is 0 Å². The van der Waals surface area contributed by atoms with E-state index in [0.29, 0.717) is 16.5 Å². The van der Waals surface area contributed by atoms with E-state index in [-0.39, 0.29) is 10.4 Å². The number of hydrogen-bond donors (Lipinski definition) is 0. The average Bonchev–Trinajstić information content (AvgIpc) is 2.26. The lowest BCUT2D eigenvalue weighted by Gasteiger charge is -2.05. The van der Waals surface area contributed by atoms with Crippen LogP contribution in [-0.4, -0.2) is 23.0 Å². The molecule has 1 heterocycles. The normalized spacial score (nSPS) is 10.4. The minimum Gasteiger partial charge on any atom is -0.465 e. The van der Waals surface area contributed by atoms with E-state index in [2.05, 4.69) is 14.7 Å². The summed E-state index contributed by atoms with van der Waals surface area (Å²) in [5.74, 6) is -0.488. The summed E-state index contributed by atoms with van der Waals surface area (Å²) in [5, 5.41) is 0.621. The molecule has 0 aliphatic heterocycles. The van der Waals surface area contributed by atoms with Gasteiger partial charge >= 0.3 is 5.97 Å². The number of fused-ring (bicyclic) bond motifs is 1. The van der Waals surface area contributed by atoms with Crippen molar-refractivity contribution in [3.63, 3.8) is 0 Å². The van der Waals surface area contributed by atoms with Gasteiger partial charge in [0.1, 0.15) is 5.15 Å². The highest BCUT2D eigenvalue weighted by Gasteiger charge is 2.15. The molecular weight excluding hydrogens is 251 g/mol. The maximum Gasteiger partial charge on any atom is 0.338 e. The van der Waals surface area contributed by atoms with Crippen molar-refractivity contribution < 1.29 is 9.53 Å². The molecule has 0 N–H and O–H groups in total. The number of methoxy groups -OCH3 is 1. The summed E-state index contributed by atoms with van der Waals surface area (Å²) < 4.78 is 4.64. The fourth-order valence-electron chi connectivity index (χ4n) is 1.39. The Morgan fingerprint density at radius 2 is 2.06 bits per heavy atom. The first kappa shape index (κ1) is 11.1. The molecule has 1 aromatic heterocycles. The van der Waals surface area contributed by atoms with Crippen molar-refractivity contribution in [1.82, 2.24) is 9.97 Å². The molecule has 0 amide bonds. The van der Waals surface area contributed by atoms with Gasteiger partial charge in [-0.3, -0.25) is 0 Å². The first-order chi connectivity index (χ1) is 7.63. The van der Waals surface area contributed by atoms with Gasteiger partial charge in [0.2, 0.25) is 5.28 Å². The van der Waals surface area contributed by atoms with Crippen LogP contribution in [0.1, 0.15) is 10.4 Å². The van der Waals surface area contributed by atoms with Gasteiger partial charge in [-0.15, -0.1) is 0 Å². The number of hydrogen-bond acceptors (Lipinski definition) is 4. The minimum absolute atomic E-state index is 0.0412. The molecule has 6 heteroatoms. The Morgan fingerprint density at radius 3 is 2.75 bits per heavy atom. The van der Waals surface area contributed by atoms with Gasteiger partial charge in [0.05, 0.1) is 23.6 Å². The molecule has 0 fully saturated rings. The molecule has 4 nitrogen and oxygen atoms in total. The Balaban J connectivity index is 2.81. The van der Waals surface area contributed by atoms with E-state index in [9.17, 15) is 4.79 Å². The Labute approximate surface area is 101 Å². The van der Waals surface area contributed by atoms with Gasteiger partial charge in [0, 0.05) is 0 Å². The van der Waals surface area contributed by atoms with Gasteiger partial charge in [-0.2, -0.15) is 0 Å². The minimum atomic E-state index is -0.488. The first-order valence-corrected chi connectivity index (χ1v) is 5.09. The molecule has 0 saturated carbocycles. The van der Waals surface area contributed by atoms with Crippen molar-refractivity contribution in [2.75, 3.05) is 7.11 Å². The fourth-order valence-corrected chi connectivity index (χ4v) is 1.89. The first-order valence-electron chi connectivity index (χ1n) is 4.33. The quantitative estimate of drug-likeness (QED) is 0.447. The molecule has 2 rings (SSSR count). The Bertz CT molecular complexity index is 572. The summed E-state index contributed by atoms with van der Waals surface area (Å²) >= 11 is 11.6. The lowest BCUT2D eigenvalue weighted by atomic mass is 10.1. The lowest BCUT2D eigenvalue weighted by Crippen LogP contribution is -2.03. The zero-order valence-electron chi connectivity index (χ0n) is 8.20. The van der Waals surface area contributed by atoms with E-state index in [1.165, 1.54) is 7.11 Å². The zero-order chi connectivity index (χ0) is 11.7. The number of halogens is 2. The van der Waals surface area contributed by atoms with E-state index in [1.54, 1.807) is 18.2 Å². The molecule has 2 aromatic rings. The zero-order valence-corrected chi connectivity index (χ0v) is 9.71. The van der Waals surface area contributed by atoms with Crippen molar-refractivity contribution in [3.05, 3.63) is 34.2 Å². The second-order valence-corrected chi connectivity index (χ2v) is 3.67. The van der Waals surface area contributed by atoms with Gasteiger partial charge < -0.3 is 4.74 Å². The topological polar surface area (TPSA) is 52.1 Å². The highest BCUT2D eigenvalue weighted by Crippen LogP contribution is 2.25. The predicted molar refractivity (Wildman–Crippen MR) is 60.9 cm³/mol. The van der Waals surface area contributed by atoms with Gasteiger partial charge in [-0.05, 0) is 23.7 Å². The lowest BCUT2D eigenvalue weighted by molar-refractivity contribution is 0.0603. The SMILES string of the molecule is COC(=O)c1cccc2nc(Cl)nc(Cl)c12. The molecule has 0 spiro atoms. The molecule has 82 valence electrons. The van der Waals surface area contributed by atoms with Crippen LogP contribution in [0.4, 0.5) is 0 Å². The van der Waals surface area contributed by atoms with Crippen LogP contribution in [0.3, 0.4) is 0 Å². The van der Waals surface area contributed by atoms with Crippen molar-refractivity contribution in [2.45, 2.75) is 0 Å². The maximum absolute atomic E-state index is 11.5. The number of ether oxygens (including phenoxy) is 1. The molecule has 0 saturated heterocycles. The third-order valence-corrected chi connectivity index (χ3v) is 2.50. The summed E-state index contributed by atoms with van der Waals surface area (Å²) in [6.07, 6.45) is 0. The van der Waals surface area contributed by atoms with Crippen LogP contribution in [0.15, 0.2) is 18.2 Å². The number of benzene rings is 1. The van der Waals surface area contributed by atoms with E-state index in [1.807, 2.05) is 0 Å². The third-order valence-electron chi connectivity index (χ3n) is 2.06. The smallest absolute Gasteiger partial charge is 0.338 e. The molecule has 16 heavy (non-hydrogen) atoms. The number of aromatic nitrogens is 2. The number of esters is 1. The van der Waals surface area contributed by atoms with Crippen LogP contribution < -0.4 is 0 Å². The standard InChI is InChI=1S/C10H6Cl2N2O2/c1-16-9(15)5-3-2-4-6-7(5)8(11)14-10(12)13-6/h2-4H,1H3. The molecule has 0 bridgehead atoms. The predicted octanol–water partition coefficient (Wildman–Crippen LogP) is 2.72. The van der Waals surface area contributed by atoms with Crippen molar-refractivity contribution in [2.24, 2.45) is 0 Å². The van der Waals surface area contributed by atoms with Gasteiger partial charge in [-0.1, -0.05) is 17.7 Å². The van der Waals surface area contributed by atoms with Crippen molar-refractivity contribution in [3.8, 4) is 0 Å². The molecule has 0 aliphatic carbocycles. The summed E-state index contributed by atoms with van der Waals surface area (Å²) in [5.41, 5.74) is 0.828. The molecule has 0 radical (unpaired) electrons. The van der Waals surface area contributed by atoms with E-state index < -0.39 is 5.97 Å². The van der Waals surface area contributed by atoms with Crippen LogP contribution in [0.2, 0.25) is 10.4 Å². The third kappa shape index (κ3) is 1.81. The maximum atomic E-state index is 11.5. The number of nitrogens with zero attached hydrogens (tertiary/aromatic N) is 2. The van der Waals surface area contributed by atoms with Crippen LogP contribution >= 0.6 is 23.2 Å². The molecule has 0 unspecified atom stereocenters. The second kappa shape index (κ2) is 4.23. The van der Waals surface area contributed by atoms with E-state index >= 15 is 0 Å². The van der Waals surface area contributed by atoms with Crippen LogP contribution in [-0.2, 0) is 4.74 Å². The van der Waals surface area contributed by atoms with Crippen LogP contribution in [0.25, 0.3) is 10.9 Å². The Hall–Kier alpha value is -1.39. The highest BCUT2D eigenvalue weighted by atomic mass is 35.5. The van der Waals surface area contributed by atoms with Crippen LogP contribution in [0.5, 0.6) is 0 Å². The largest absolute Gasteiger partial charge is 0.465 e. The van der Waals surface area contributed by atoms with E-state index in [0.717, 1.165) is 0 Å². The molecular formula is C10H6Cl2N2O2. The van der Waals surface area contributed by atoms with E-state index in [4.69, 9.17) is 23.2 Å². The van der Waals surface area contributed by atoms with Crippen LogP contribution in [0, 0.1) is 0 Å². The van der Waals surface area contributed by atoms with Gasteiger partial charge in [0.25, 0.3) is 0 Å². The molecule has 1 aromatic carbocycles. The fraction of sp³-hybridized carbons (Fsp3) is 0.100. The summed E-state index contributed by atoms with van der Waals surface area (Å²) in [7, 11) is 1.30. The number of rotatable bonds is 1. The van der Waals surface area contributed by atoms with Gasteiger partial charge in [-0.25, -0.2) is 14.8 Å². The average molecular weight is 257 g/mol.